The zero-order chi connectivity index (χ0) is 17.6. The molecule has 2 aromatic rings. The van der Waals surface area contributed by atoms with Gasteiger partial charge in [-0.2, -0.15) is 0 Å². The second-order valence-corrected chi connectivity index (χ2v) is 6.81. The Morgan fingerprint density at radius 2 is 2.12 bits per heavy atom. The van der Waals surface area contributed by atoms with Crippen LogP contribution < -0.4 is 10.6 Å². The van der Waals surface area contributed by atoms with Crippen molar-refractivity contribution in [3.8, 4) is 0 Å². The number of likely N-dealkylation sites (tertiary alicyclic amines) is 1. The number of aromatic nitrogens is 2. The predicted molar refractivity (Wildman–Crippen MR) is 97.9 cm³/mol. The molecule has 3 rings (SSSR count). The molecule has 0 aliphatic carbocycles. The van der Waals surface area contributed by atoms with Gasteiger partial charge in [-0.15, -0.1) is 0 Å². The molecule has 1 aliphatic heterocycles. The van der Waals surface area contributed by atoms with Crippen LogP contribution in [0.5, 0.6) is 0 Å². The molecule has 25 heavy (non-hydrogen) atoms. The summed E-state index contributed by atoms with van der Waals surface area (Å²) in [7, 11) is 1.92. The van der Waals surface area contributed by atoms with E-state index in [2.05, 4.69) is 51.7 Å². The van der Waals surface area contributed by atoms with Gasteiger partial charge < -0.3 is 15.2 Å². The molecular formula is C19H27N5O. The standard InChI is InChI=1S/C19H27N5O/c1-15-12-17(8-10-24(15)14-16-6-4-3-5-7-16)22-19(25)21-13-18-20-9-11-23(18)2/h3-7,9,11,15,17H,8,10,12-14H2,1-2H3,(H2,21,22,25)/t15-,17-/m0/s1. The van der Waals surface area contributed by atoms with Crippen LogP contribution in [-0.2, 0) is 20.1 Å². The average Bonchev–Trinajstić information content (AvgIpc) is 3.01. The Morgan fingerprint density at radius 1 is 1.32 bits per heavy atom. The Morgan fingerprint density at radius 3 is 2.80 bits per heavy atom. The number of hydrogen-bond donors (Lipinski definition) is 2. The molecule has 0 bridgehead atoms. The summed E-state index contributed by atoms with van der Waals surface area (Å²) in [6, 6.07) is 11.1. The van der Waals surface area contributed by atoms with Crippen LogP contribution in [-0.4, -0.2) is 39.1 Å². The first-order valence-electron chi connectivity index (χ1n) is 8.90. The first kappa shape index (κ1) is 17.5. The molecule has 0 unspecified atom stereocenters. The Bertz CT molecular complexity index is 684. The lowest BCUT2D eigenvalue weighted by atomic mass is 9.97. The summed E-state index contributed by atoms with van der Waals surface area (Å²) >= 11 is 0. The number of carbonyl (C=O) groups is 1. The van der Waals surface area contributed by atoms with Gasteiger partial charge in [0, 0.05) is 44.6 Å². The monoisotopic (exact) mass is 341 g/mol. The highest BCUT2D eigenvalue weighted by molar-refractivity contribution is 5.74. The quantitative estimate of drug-likeness (QED) is 0.877. The Hall–Kier alpha value is -2.34. The van der Waals surface area contributed by atoms with Crippen molar-refractivity contribution in [3.05, 3.63) is 54.1 Å². The second-order valence-electron chi connectivity index (χ2n) is 6.81. The molecule has 0 saturated carbocycles. The minimum atomic E-state index is -0.114. The van der Waals surface area contributed by atoms with Gasteiger partial charge in [0.15, 0.2) is 0 Å². The molecule has 0 radical (unpaired) electrons. The number of carbonyl (C=O) groups excluding carboxylic acids is 1. The summed E-state index contributed by atoms with van der Waals surface area (Å²) in [4.78, 5) is 18.8. The third kappa shape index (κ3) is 4.82. The Labute approximate surface area is 149 Å². The lowest BCUT2D eigenvalue weighted by Crippen LogP contribution is -2.50. The second kappa shape index (κ2) is 8.16. The van der Waals surface area contributed by atoms with E-state index in [-0.39, 0.29) is 12.1 Å². The van der Waals surface area contributed by atoms with Gasteiger partial charge in [-0.1, -0.05) is 30.3 Å². The zero-order valence-electron chi connectivity index (χ0n) is 15.0. The van der Waals surface area contributed by atoms with Crippen molar-refractivity contribution in [2.24, 2.45) is 7.05 Å². The van der Waals surface area contributed by atoms with E-state index in [1.54, 1.807) is 6.20 Å². The maximum atomic E-state index is 12.1. The van der Waals surface area contributed by atoms with Crippen LogP contribution in [0, 0.1) is 0 Å². The lowest BCUT2D eigenvalue weighted by Gasteiger charge is -2.38. The molecule has 1 aromatic carbocycles. The van der Waals surface area contributed by atoms with Crippen molar-refractivity contribution in [1.29, 1.82) is 0 Å². The van der Waals surface area contributed by atoms with E-state index in [0.717, 1.165) is 31.8 Å². The fraction of sp³-hybridized carbons (Fsp3) is 0.474. The van der Waals surface area contributed by atoms with Crippen molar-refractivity contribution < 1.29 is 4.79 Å². The average molecular weight is 341 g/mol. The molecule has 6 heteroatoms. The summed E-state index contributed by atoms with van der Waals surface area (Å²) in [5, 5.41) is 5.99. The molecule has 2 atom stereocenters. The molecule has 6 nitrogen and oxygen atoms in total. The zero-order valence-corrected chi connectivity index (χ0v) is 15.0. The highest BCUT2D eigenvalue weighted by Gasteiger charge is 2.26. The smallest absolute Gasteiger partial charge is 0.315 e. The van der Waals surface area contributed by atoms with E-state index in [0.29, 0.717) is 12.6 Å². The molecule has 2 amide bonds. The highest BCUT2D eigenvalue weighted by atomic mass is 16.2. The number of nitrogens with zero attached hydrogens (tertiary/aromatic N) is 3. The summed E-state index contributed by atoms with van der Waals surface area (Å²) in [6.45, 7) is 4.65. The lowest BCUT2D eigenvalue weighted by molar-refractivity contribution is 0.130. The number of hydrogen-bond acceptors (Lipinski definition) is 3. The minimum absolute atomic E-state index is 0.114. The topological polar surface area (TPSA) is 62.2 Å². The third-order valence-corrected chi connectivity index (χ3v) is 4.91. The number of rotatable bonds is 5. The van der Waals surface area contributed by atoms with Gasteiger partial charge in [0.2, 0.25) is 0 Å². The largest absolute Gasteiger partial charge is 0.337 e. The summed E-state index contributed by atoms with van der Waals surface area (Å²) in [5.74, 6) is 0.848. The van der Waals surface area contributed by atoms with E-state index < -0.39 is 0 Å². The highest BCUT2D eigenvalue weighted by Crippen LogP contribution is 2.19. The van der Waals surface area contributed by atoms with Gasteiger partial charge in [0.25, 0.3) is 0 Å². The van der Waals surface area contributed by atoms with Gasteiger partial charge in [0.05, 0.1) is 6.54 Å². The number of amides is 2. The van der Waals surface area contributed by atoms with Crippen molar-refractivity contribution >= 4 is 6.03 Å². The van der Waals surface area contributed by atoms with E-state index in [4.69, 9.17) is 0 Å². The van der Waals surface area contributed by atoms with Crippen LogP contribution in [0.4, 0.5) is 4.79 Å². The van der Waals surface area contributed by atoms with Crippen LogP contribution in [0.3, 0.4) is 0 Å². The molecule has 134 valence electrons. The predicted octanol–water partition coefficient (Wildman–Crippen LogP) is 2.27. The van der Waals surface area contributed by atoms with Crippen molar-refractivity contribution in [3.63, 3.8) is 0 Å². The SMILES string of the molecule is C[C@H]1C[C@@H](NC(=O)NCc2nccn2C)CCN1Cc1ccccc1. The van der Waals surface area contributed by atoms with E-state index in [1.807, 2.05) is 23.9 Å². The van der Waals surface area contributed by atoms with Crippen LogP contribution in [0.1, 0.15) is 31.2 Å². The number of nitrogens with one attached hydrogen (secondary N) is 2. The van der Waals surface area contributed by atoms with Crippen molar-refractivity contribution in [1.82, 2.24) is 25.1 Å². The van der Waals surface area contributed by atoms with Gasteiger partial charge >= 0.3 is 6.03 Å². The van der Waals surface area contributed by atoms with E-state index in [9.17, 15) is 4.79 Å². The van der Waals surface area contributed by atoms with Gasteiger partial charge in [0.1, 0.15) is 5.82 Å². The summed E-state index contributed by atoms with van der Waals surface area (Å²) < 4.78 is 1.91. The third-order valence-electron chi connectivity index (χ3n) is 4.91. The van der Waals surface area contributed by atoms with Crippen LogP contribution >= 0.6 is 0 Å². The van der Waals surface area contributed by atoms with Crippen LogP contribution in [0.15, 0.2) is 42.7 Å². The van der Waals surface area contributed by atoms with Crippen molar-refractivity contribution in [2.75, 3.05) is 6.54 Å². The molecule has 2 N–H and O–H groups in total. The maximum absolute atomic E-state index is 12.1. The number of benzene rings is 1. The summed E-state index contributed by atoms with van der Waals surface area (Å²) in [6.07, 6.45) is 5.56. The first-order valence-corrected chi connectivity index (χ1v) is 8.90. The first-order chi connectivity index (χ1) is 12.1. The molecule has 1 aromatic heterocycles. The van der Waals surface area contributed by atoms with Gasteiger partial charge in [-0.3, -0.25) is 4.90 Å². The Balaban J connectivity index is 1.43. The fourth-order valence-electron chi connectivity index (χ4n) is 3.37. The van der Waals surface area contributed by atoms with Gasteiger partial charge in [-0.25, -0.2) is 9.78 Å². The van der Waals surface area contributed by atoms with Crippen LogP contribution in [0.2, 0.25) is 0 Å². The molecular weight excluding hydrogens is 314 g/mol. The number of urea groups is 1. The van der Waals surface area contributed by atoms with Gasteiger partial charge in [-0.05, 0) is 25.3 Å². The summed E-state index contributed by atoms with van der Waals surface area (Å²) in [5.41, 5.74) is 1.34. The molecule has 1 saturated heterocycles. The molecule has 1 aliphatic rings. The van der Waals surface area contributed by atoms with Crippen molar-refractivity contribution in [2.45, 2.75) is 44.9 Å². The van der Waals surface area contributed by atoms with Crippen LogP contribution in [0.25, 0.3) is 0 Å². The Kier molecular flexibility index (Phi) is 5.71. The normalized spacial score (nSPS) is 21.0. The molecule has 2 heterocycles. The molecule has 0 spiro atoms. The number of imidazole rings is 1. The maximum Gasteiger partial charge on any atom is 0.315 e. The fourth-order valence-corrected chi connectivity index (χ4v) is 3.37. The number of piperidine rings is 1. The van der Waals surface area contributed by atoms with E-state index >= 15 is 0 Å². The molecule has 1 fully saturated rings. The number of aryl methyl sites for hydroxylation is 1. The van der Waals surface area contributed by atoms with E-state index in [1.165, 1.54) is 5.56 Å². The minimum Gasteiger partial charge on any atom is -0.337 e.